The minimum absolute atomic E-state index is 0.000294. The third-order valence-corrected chi connectivity index (χ3v) is 6.07. The Hall–Kier alpha value is -3.28. The van der Waals surface area contributed by atoms with E-state index in [4.69, 9.17) is 0 Å². The molecule has 1 aliphatic rings. The predicted octanol–water partition coefficient (Wildman–Crippen LogP) is 5.51. The van der Waals surface area contributed by atoms with Crippen molar-refractivity contribution in [2.24, 2.45) is 10.8 Å². The van der Waals surface area contributed by atoms with Crippen molar-refractivity contribution in [3.63, 3.8) is 0 Å². The van der Waals surface area contributed by atoms with Gasteiger partial charge in [0.05, 0.1) is 0 Å². The number of carbonyl (C=O) groups excluding carboxylic acids is 2. The van der Waals surface area contributed by atoms with Crippen LogP contribution in [-0.2, 0) is 9.59 Å². The summed E-state index contributed by atoms with van der Waals surface area (Å²) in [4.78, 5) is 24.9. The van der Waals surface area contributed by atoms with Gasteiger partial charge in [0, 0.05) is 24.7 Å². The van der Waals surface area contributed by atoms with Crippen molar-refractivity contribution in [1.82, 2.24) is 10.6 Å². The molecule has 2 aromatic carbocycles. The molecule has 2 unspecified atom stereocenters. The number of nitrogens with one attached hydrogen (secondary N) is 2. The molecule has 1 fully saturated rings. The Morgan fingerprint density at radius 2 is 1.35 bits per heavy atom. The van der Waals surface area contributed by atoms with E-state index in [-0.39, 0.29) is 40.3 Å². The van der Waals surface area contributed by atoms with Gasteiger partial charge in [0.25, 0.3) is 0 Å². The maximum atomic E-state index is 13.0. The molecule has 0 aromatic heterocycles. The zero-order valence-electron chi connectivity index (χ0n) is 19.9. The molecule has 180 valence electrons. The Morgan fingerprint density at radius 1 is 0.853 bits per heavy atom. The first-order valence-electron chi connectivity index (χ1n) is 11.5. The Balaban J connectivity index is 1.56. The van der Waals surface area contributed by atoms with Gasteiger partial charge in [0.15, 0.2) is 0 Å². The molecule has 4 nitrogen and oxygen atoms in total. The van der Waals surface area contributed by atoms with Crippen molar-refractivity contribution in [2.45, 2.75) is 46.1 Å². The largest absolute Gasteiger partial charge is 0.352 e. The van der Waals surface area contributed by atoms with E-state index in [2.05, 4.69) is 31.4 Å². The molecular formula is C28H32F2N2O2. The predicted molar refractivity (Wildman–Crippen MR) is 132 cm³/mol. The van der Waals surface area contributed by atoms with Crippen LogP contribution in [0.25, 0.3) is 12.2 Å². The smallest absolute Gasteiger partial charge is 0.244 e. The van der Waals surface area contributed by atoms with Gasteiger partial charge >= 0.3 is 0 Å². The van der Waals surface area contributed by atoms with Crippen LogP contribution < -0.4 is 10.6 Å². The second-order valence-electron chi connectivity index (χ2n) is 10.3. The fraction of sp³-hybridized carbons (Fsp3) is 0.357. The van der Waals surface area contributed by atoms with E-state index in [1.807, 2.05) is 0 Å². The molecule has 1 saturated carbocycles. The Morgan fingerprint density at radius 3 is 1.88 bits per heavy atom. The molecule has 0 radical (unpaired) electrons. The second kappa shape index (κ2) is 10.8. The van der Waals surface area contributed by atoms with Crippen LogP contribution in [0.4, 0.5) is 8.78 Å². The van der Waals surface area contributed by atoms with Gasteiger partial charge < -0.3 is 10.6 Å². The maximum absolute atomic E-state index is 13.0. The lowest BCUT2D eigenvalue weighted by atomic mass is 9.62. The summed E-state index contributed by atoms with van der Waals surface area (Å²) in [5.74, 6) is -1.04. The average Bonchev–Trinajstić information content (AvgIpc) is 2.75. The second-order valence-corrected chi connectivity index (χ2v) is 10.3. The van der Waals surface area contributed by atoms with Crippen molar-refractivity contribution >= 4 is 24.0 Å². The average molecular weight is 467 g/mol. The highest BCUT2D eigenvalue weighted by molar-refractivity contribution is 5.92. The lowest BCUT2D eigenvalue weighted by molar-refractivity contribution is -0.119. The SMILES string of the molecule is CC1(C)CC(NC(=O)/C=C/c2ccc(F)cc2)CC(C)(CNC(=O)/C=C/c2ccc(F)cc2)C1. The van der Waals surface area contributed by atoms with Crippen LogP contribution in [0.1, 0.15) is 51.2 Å². The summed E-state index contributed by atoms with van der Waals surface area (Å²) < 4.78 is 26.1. The number of amides is 2. The maximum Gasteiger partial charge on any atom is 0.244 e. The number of carbonyl (C=O) groups is 2. The van der Waals surface area contributed by atoms with Gasteiger partial charge in [-0.3, -0.25) is 9.59 Å². The number of hydrogen-bond donors (Lipinski definition) is 2. The third-order valence-electron chi connectivity index (χ3n) is 6.07. The van der Waals surface area contributed by atoms with Gasteiger partial charge in [-0.1, -0.05) is 45.0 Å². The summed E-state index contributed by atoms with van der Waals surface area (Å²) in [5.41, 5.74) is 1.32. The van der Waals surface area contributed by atoms with E-state index in [9.17, 15) is 18.4 Å². The number of hydrogen-bond acceptors (Lipinski definition) is 2. The summed E-state index contributed by atoms with van der Waals surface area (Å²) in [6.07, 6.45) is 8.73. The van der Waals surface area contributed by atoms with Crippen molar-refractivity contribution in [3.8, 4) is 0 Å². The van der Waals surface area contributed by atoms with E-state index < -0.39 is 0 Å². The number of halogens is 2. The molecule has 34 heavy (non-hydrogen) atoms. The summed E-state index contributed by atoms with van der Waals surface area (Å²) >= 11 is 0. The molecule has 0 aliphatic heterocycles. The van der Waals surface area contributed by atoms with E-state index in [0.29, 0.717) is 6.54 Å². The van der Waals surface area contributed by atoms with Gasteiger partial charge in [-0.25, -0.2) is 8.78 Å². The fourth-order valence-electron chi connectivity index (χ4n) is 4.97. The molecule has 2 aromatic rings. The van der Waals surface area contributed by atoms with Gasteiger partial charge in [-0.15, -0.1) is 0 Å². The lowest BCUT2D eigenvalue weighted by Gasteiger charge is -2.46. The first-order valence-corrected chi connectivity index (χ1v) is 11.5. The molecule has 0 bridgehead atoms. The van der Waals surface area contributed by atoms with Gasteiger partial charge in [0.1, 0.15) is 11.6 Å². The van der Waals surface area contributed by atoms with E-state index >= 15 is 0 Å². The molecule has 6 heteroatoms. The molecule has 3 rings (SSSR count). The van der Waals surface area contributed by atoms with Gasteiger partial charge in [0.2, 0.25) is 11.8 Å². The van der Waals surface area contributed by atoms with E-state index in [1.165, 1.54) is 36.4 Å². The standard InChI is InChI=1S/C28H32F2N2O2/c1-27(2)16-24(32-26(34)15-9-21-6-12-23(30)13-7-21)17-28(3,18-27)19-31-25(33)14-8-20-4-10-22(29)11-5-20/h4-15,24H,16-19H2,1-3H3,(H,31,33)(H,32,34)/b14-8+,15-9+. The molecule has 0 saturated heterocycles. The molecule has 1 aliphatic carbocycles. The molecule has 0 heterocycles. The minimum atomic E-state index is -0.318. The monoisotopic (exact) mass is 466 g/mol. The molecular weight excluding hydrogens is 434 g/mol. The van der Waals surface area contributed by atoms with Crippen LogP contribution in [0.5, 0.6) is 0 Å². The highest BCUT2D eigenvalue weighted by Gasteiger charge is 2.41. The first-order chi connectivity index (χ1) is 16.0. The van der Waals surface area contributed by atoms with E-state index in [1.54, 1.807) is 36.4 Å². The molecule has 2 amide bonds. The summed E-state index contributed by atoms with van der Waals surface area (Å²) in [5, 5.41) is 6.07. The summed E-state index contributed by atoms with van der Waals surface area (Å²) in [6.45, 7) is 6.97. The fourth-order valence-corrected chi connectivity index (χ4v) is 4.97. The van der Waals surface area contributed by atoms with E-state index in [0.717, 1.165) is 30.4 Å². The van der Waals surface area contributed by atoms with Crippen molar-refractivity contribution in [3.05, 3.63) is 83.4 Å². The van der Waals surface area contributed by atoms with Gasteiger partial charge in [-0.05, 0) is 77.6 Å². The van der Waals surface area contributed by atoms with Gasteiger partial charge in [-0.2, -0.15) is 0 Å². The Kier molecular flexibility index (Phi) is 8.02. The number of rotatable bonds is 7. The van der Waals surface area contributed by atoms with Crippen LogP contribution >= 0.6 is 0 Å². The van der Waals surface area contributed by atoms with Crippen LogP contribution in [0.3, 0.4) is 0 Å². The van der Waals surface area contributed by atoms with Crippen molar-refractivity contribution < 1.29 is 18.4 Å². The molecule has 2 atom stereocenters. The van der Waals surface area contributed by atoms with Crippen molar-refractivity contribution in [2.75, 3.05) is 6.54 Å². The zero-order valence-corrected chi connectivity index (χ0v) is 19.9. The van der Waals surface area contributed by atoms with Crippen LogP contribution in [0.2, 0.25) is 0 Å². The quantitative estimate of drug-likeness (QED) is 0.529. The molecule has 0 spiro atoms. The highest BCUT2D eigenvalue weighted by atomic mass is 19.1. The lowest BCUT2D eigenvalue weighted by Crippen LogP contribution is -2.50. The number of benzene rings is 2. The summed E-state index contributed by atoms with van der Waals surface area (Å²) in [6, 6.07) is 11.9. The van der Waals surface area contributed by atoms with Crippen LogP contribution in [0.15, 0.2) is 60.7 Å². The van der Waals surface area contributed by atoms with Crippen LogP contribution in [0, 0.1) is 22.5 Å². The zero-order chi connectivity index (χ0) is 24.8. The van der Waals surface area contributed by atoms with Crippen LogP contribution in [-0.4, -0.2) is 24.4 Å². The Labute approximate surface area is 200 Å². The topological polar surface area (TPSA) is 58.2 Å². The first kappa shape index (κ1) is 25.3. The molecule has 2 N–H and O–H groups in total. The highest BCUT2D eigenvalue weighted by Crippen LogP contribution is 2.45. The van der Waals surface area contributed by atoms with Crippen molar-refractivity contribution in [1.29, 1.82) is 0 Å². The summed E-state index contributed by atoms with van der Waals surface area (Å²) in [7, 11) is 0. The normalized spacial score (nSPS) is 22.1. The Bertz CT molecular complexity index is 1060. The third kappa shape index (κ3) is 7.94. The minimum Gasteiger partial charge on any atom is -0.352 e.